The van der Waals surface area contributed by atoms with Crippen LogP contribution >= 0.6 is 0 Å². The number of nitrogens with two attached hydrogens (primary N) is 1. The van der Waals surface area contributed by atoms with E-state index in [1.165, 1.54) is 16.4 Å². The van der Waals surface area contributed by atoms with Gasteiger partial charge in [0.25, 0.3) is 10.0 Å². The first-order valence-corrected chi connectivity index (χ1v) is 11.3. The summed E-state index contributed by atoms with van der Waals surface area (Å²) in [6.07, 6.45) is 0.0494. The van der Waals surface area contributed by atoms with Gasteiger partial charge in [0, 0.05) is 5.56 Å². The Morgan fingerprint density at radius 1 is 1.10 bits per heavy atom. The van der Waals surface area contributed by atoms with Crippen molar-refractivity contribution in [2.75, 3.05) is 17.4 Å². The zero-order valence-corrected chi connectivity index (χ0v) is 17.7. The molecule has 3 aromatic carbocycles. The smallest absolute Gasteiger partial charge is 0.264 e. The monoisotopic (exact) mass is 444 g/mol. The van der Waals surface area contributed by atoms with E-state index < -0.39 is 27.8 Å². The van der Waals surface area contributed by atoms with Crippen LogP contribution in [0.15, 0.2) is 65.6 Å². The molecule has 0 aliphatic carbocycles. The third-order valence-corrected chi connectivity index (χ3v) is 6.97. The van der Waals surface area contributed by atoms with Crippen LogP contribution in [0.4, 0.5) is 14.5 Å². The van der Waals surface area contributed by atoms with Crippen LogP contribution in [0.1, 0.15) is 12.0 Å². The molecule has 0 saturated carbocycles. The Balaban J connectivity index is 1.86. The maximum absolute atomic E-state index is 14.3. The largest absolute Gasteiger partial charge is 0.486 e. The number of ether oxygens (including phenoxy) is 1. The van der Waals surface area contributed by atoms with Gasteiger partial charge in [0.15, 0.2) is 0 Å². The summed E-state index contributed by atoms with van der Waals surface area (Å²) in [6.45, 7) is 2.22. The zero-order chi connectivity index (χ0) is 22.2. The van der Waals surface area contributed by atoms with Crippen LogP contribution in [0.2, 0.25) is 0 Å². The maximum Gasteiger partial charge on any atom is 0.264 e. The highest BCUT2D eigenvalue weighted by molar-refractivity contribution is 7.92. The van der Waals surface area contributed by atoms with Crippen LogP contribution in [0.5, 0.6) is 5.75 Å². The molecule has 1 aliphatic heterocycles. The summed E-state index contributed by atoms with van der Waals surface area (Å²) in [5.74, 6) is -0.841. The van der Waals surface area contributed by atoms with Gasteiger partial charge in [-0.15, -0.1) is 0 Å². The minimum absolute atomic E-state index is 0.0415. The van der Waals surface area contributed by atoms with Crippen LogP contribution in [-0.2, 0) is 10.0 Å². The average Bonchev–Trinajstić information content (AvgIpc) is 2.75. The normalized spacial score (nSPS) is 16.0. The molecule has 1 aliphatic rings. The first kappa shape index (κ1) is 21.3. The highest BCUT2D eigenvalue weighted by atomic mass is 32.2. The van der Waals surface area contributed by atoms with Crippen molar-refractivity contribution in [2.24, 2.45) is 5.73 Å². The highest BCUT2D eigenvalue weighted by Gasteiger charge is 2.34. The fourth-order valence-corrected chi connectivity index (χ4v) is 5.27. The number of benzene rings is 3. The summed E-state index contributed by atoms with van der Waals surface area (Å²) in [6, 6.07) is 14.5. The van der Waals surface area contributed by atoms with E-state index >= 15 is 0 Å². The van der Waals surface area contributed by atoms with Gasteiger partial charge in [-0.1, -0.05) is 18.2 Å². The highest BCUT2D eigenvalue weighted by Crippen LogP contribution is 2.40. The number of fused-ring (bicyclic) bond motifs is 1. The Hall–Kier alpha value is -2.97. The summed E-state index contributed by atoms with van der Waals surface area (Å²) in [4.78, 5) is 0.147. The van der Waals surface area contributed by atoms with Crippen LogP contribution in [0.25, 0.3) is 11.1 Å². The standard InChI is InChI=1S/C23H22F2N2O3S/c1-15-3-2-4-19(11-15)31(28,29)27-14-18(9-10-26)30-23-8-5-16(12-22(23)27)20-13-17(24)6-7-21(20)25/h2-8,11-13,18H,9-10,14,26H2,1H3/t18-/m0/s1. The quantitative estimate of drug-likeness (QED) is 0.639. The van der Waals surface area contributed by atoms with Crippen molar-refractivity contribution in [1.29, 1.82) is 0 Å². The van der Waals surface area contributed by atoms with Gasteiger partial charge in [-0.25, -0.2) is 17.2 Å². The predicted molar refractivity (Wildman–Crippen MR) is 116 cm³/mol. The predicted octanol–water partition coefficient (Wildman–Crippen LogP) is 4.25. The molecule has 162 valence electrons. The minimum Gasteiger partial charge on any atom is -0.486 e. The maximum atomic E-state index is 14.3. The molecule has 0 unspecified atom stereocenters. The number of sulfonamides is 1. The Morgan fingerprint density at radius 2 is 1.90 bits per heavy atom. The van der Waals surface area contributed by atoms with Crippen molar-refractivity contribution in [1.82, 2.24) is 0 Å². The molecule has 5 nitrogen and oxygen atoms in total. The van der Waals surface area contributed by atoms with Crippen LogP contribution < -0.4 is 14.8 Å². The van der Waals surface area contributed by atoms with E-state index in [9.17, 15) is 17.2 Å². The Labute approximate surface area is 180 Å². The number of hydrogen-bond acceptors (Lipinski definition) is 4. The number of halogens is 2. The van der Waals surface area contributed by atoms with Gasteiger partial charge in [-0.2, -0.15) is 0 Å². The lowest BCUT2D eigenvalue weighted by molar-refractivity contribution is 0.192. The van der Waals surface area contributed by atoms with Gasteiger partial charge in [0.1, 0.15) is 23.5 Å². The molecule has 0 aromatic heterocycles. The Kier molecular flexibility index (Phi) is 5.68. The molecule has 31 heavy (non-hydrogen) atoms. The number of aryl methyl sites for hydroxylation is 1. The van der Waals surface area contributed by atoms with E-state index in [4.69, 9.17) is 10.5 Å². The molecule has 0 amide bonds. The van der Waals surface area contributed by atoms with Gasteiger partial charge < -0.3 is 10.5 Å². The van der Waals surface area contributed by atoms with Crippen LogP contribution in [0.3, 0.4) is 0 Å². The SMILES string of the molecule is Cc1cccc(S(=O)(=O)N2C[C@H](CCN)Oc3ccc(-c4cc(F)ccc4F)cc32)c1. The summed E-state index contributed by atoms with van der Waals surface area (Å²) >= 11 is 0. The molecular formula is C23H22F2N2O3S. The molecule has 2 N–H and O–H groups in total. The number of rotatable bonds is 5. The van der Waals surface area contributed by atoms with Crippen molar-refractivity contribution in [3.05, 3.63) is 77.9 Å². The first-order chi connectivity index (χ1) is 14.8. The molecule has 0 saturated heterocycles. The van der Waals surface area contributed by atoms with Gasteiger partial charge >= 0.3 is 0 Å². The van der Waals surface area contributed by atoms with E-state index in [0.717, 1.165) is 23.8 Å². The molecule has 3 aromatic rings. The molecule has 0 bridgehead atoms. The van der Waals surface area contributed by atoms with Crippen molar-refractivity contribution >= 4 is 15.7 Å². The lowest BCUT2D eigenvalue weighted by Gasteiger charge is -2.35. The van der Waals surface area contributed by atoms with Crippen LogP contribution in [-0.4, -0.2) is 27.6 Å². The summed E-state index contributed by atoms with van der Waals surface area (Å²) in [5, 5.41) is 0. The minimum atomic E-state index is -3.92. The van der Waals surface area contributed by atoms with Gasteiger partial charge in [-0.05, 0) is 73.5 Å². The molecule has 8 heteroatoms. The van der Waals surface area contributed by atoms with E-state index in [0.29, 0.717) is 24.3 Å². The van der Waals surface area contributed by atoms with E-state index in [1.807, 2.05) is 13.0 Å². The number of hydrogen-bond donors (Lipinski definition) is 1. The molecule has 0 spiro atoms. The molecule has 1 heterocycles. The fourth-order valence-electron chi connectivity index (χ4n) is 3.67. The number of nitrogens with zero attached hydrogens (tertiary/aromatic N) is 1. The second kappa shape index (κ2) is 8.28. The Bertz CT molecular complexity index is 1230. The Morgan fingerprint density at radius 3 is 2.65 bits per heavy atom. The summed E-state index contributed by atoms with van der Waals surface area (Å²) in [5.41, 5.74) is 7.14. The molecule has 1 atom stereocenters. The zero-order valence-electron chi connectivity index (χ0n) is 16.9. The van der Waals surface area contributed by atoms with E-state index in [2.05, 4.69) is 0 Å². The van der Waals surface area contributed by atoms with Gasteiger partial charge in [0.05, 0.1) is 17.1 Å². The molecule has 0 fully saturated rings. The average molecular weight is 445 g/mol. The van der Waals surface area contributed by atoms with Crippen molar-refractivity contribution in [2.45, 2.75) is 24.3 Å². The topological polar surface area (TPSA) is 72.6 Å². The fraction of sp³-hybridized carbons (Fsp3) is 0.217. The van der Waals surface area contributed by atoms with Gasteiger partial charge in [0.2, 0.25) is 0 Å². The number of anilines is 1. The summed E-state index contributed by atoms with van der Waals surface area (Å²) < 4.78 is 62.3. The van der Waals surface area contributed by atoms with Crippen LogP contribution in [0, 0.1) is 18.6 Å². The van der Waals surface area contributed by atoms with E-state index in [-0.39, 0.29) is 22.7 Å². The lowest BCUT2D eigenvalue weighted by atomic mass is 10.0. The third-order valence-electron chi connectivity index (χ3n) is 5.20. The molecular weight excluding hydrogens is 422 g/mol. The van der Waals surface area contributed by atoms with Crippen molar-refractivity contribution < 1.29 is 21.9 Å². The van der Waals surface area contributed by atoms with Crippen molar-refractivity contribution in [3.8, 4) is 16.9 Å². The molecule has 0 radical (unpaired) electrons. The second-order valence-corrected chi connectivity index (χ2v) is 9.34. The first-order valence-electron chi connectivity index (χ1n) is 9.85. The van der Waals surface area contributed by atoms with Crippen molar-refractivity contribution in [3.63, 3.8) is 0 Å². The lowest BCUT2D eigenvalue weighted by Crippen LogP contribution is -2.44. The second-order valence-electron chi connectivity index (χ2n) is 7.48. The third kappa shape index (κ3) is 4.13. The molecule has 4 rings (SSSR count). The summed E-state index contributed by atoms with van der Waals surface area (Å²) in [7, 11) is -3.92. The van der Waals surface area contributed by atoms with Gasteiger partial charge in [-0.3, -0.25) is 4.31 Å². The van der Waals surface area contributed by atoms with E-state index in [1.54, 1.807) is 24.3 Å².